The Morgan fingerprint density at radius 3 is 3.07 bits per heavy atom. The number of nitrogens with one attached hydrogen (secondary N) is 2. The van der Waals surface area contributed by atoms with Gasteiger partial charge in [-0.25, -0.2) is 0 Å². The van der Waals surface area contributed by atoms with Crippen LogP contribution in [0.5, 0.6) is 0 Å². The topological polar surface area (TPSA) is 50.1 Å². The van der Waals surface area contributed by atoms with Crippen molar-refractivity contribution in [1.82, 2.24) is 10.5 Å². The summed E-state index contributed by atoms with van der Waals surface area (Å²) in [6, 6.07) is 7.63. The molecule has 1 aromatic heterocycles. The number of nitrogens with zero attached hydrogens (tertiary/aromatic N) is 1. The first-order valence-corrected chi connectivity index (χ1v) is 5.11. The molecule has 15 heavy (non-hydrogen) atoms. The zero-order valence-electron chi connectivity index (χ0n) is 8.28. The summed E-state index contributed by atoms with van der Waals surface area (Å²) in [4.78, 5) is 0. The van der Waals surface area contributed by atoms with Gasteiger partial charge in [0, 0.05) is 6.54 Å². The second kappa shape index (κ2) is 4.27. The molecule has 78 valence electrons. The summed E-state index contributed by atoms with van der Waals surface area (Å²) in [6.45, 7) is 2.76. The van der Waals surface area contributed by atoms with Gasteiger partial charge < -0.3 is 15.2 Å². The summed E-state index contributed by atoms with van der Waals surface area (Å²) in [5, 5.41) is 11.4. The molecule has 0 atom stereocenters. The summed E-state index contributed by atoms with van der Waals surface area (Å²) in [5.74, 6) is 0.650. The van der Waals surface area contributed by atoms with Crippen molar-refractivity contribution < 1.29 is 4.52 Å². The van der Waals surface area contributed by atoms with Crippen LogP contribution in [-0.2, 0) is 0 Å². The van der Waals surface area contributed by atoms with Crippen molar-refractivity contribution in [2.45, 2.75) is 6.92 Å². The summed E-state index contributed by atoms with van der Waals surface area (Å²) >= 11 is 5.06. The molecular formula is C10H11N3OS. The fraction of sp³-hybridized carbons (Fsp3) is 0.200. The first-order chi connectivity index (χ1) is 7.31. The molecule has 0 amide bonds. The van der Waals surface area contributed by atoms with E-state index in [-0.39, 0.29) is 0 Å². The van der Waals surface area contributed by atoms with Gasteiger partial charge >= 0.3 is 0 Å². The highest BCUT2D eigenvalue weighted by atomic mass is 32.1. The standard InChI is InChI=1S/C10H11N3OS/c1-2-11-10(15)12-9-7-5-3-4-6-8(7)14-13-9/h3-6H,2H2,1H3,(H2,11,12,13,15). The lowest BCUT2D eigenvalue weighted by Gasteiger charge is -2.04. The van der Waals surface area contributed by atoms with E-state index in [4.69, 9.17) is 16.7 Å². The Hall–Kier alpha value is -1.62. The number of fused-ring (bicyclic) bond motifs is 1. The monoisotopic (exact) mass is 221 g/mol. The Balaban J connectivity index is 2.25. The van der Waals surface area contributed by atoms with Gasteiger partial charge in [-0.2, -0.15) is 0 Å². The zero-order valence-corrected chi connectivity index (χ0v) is 9.10. The molecule has 2 aromatic rings. The van der Waals surface area contributed by atoms with Crippen LogP contribution in [0.1, 0.15) is 6.92 Å². The highest BCUT2D eigenvalue weighted by Gasteiger charge is 2.07. The van der Waals surface area contributed by atoms with Gasteiger partial charge in [0.15, 0.2) is 16.5 Å². The highest BCUT2D eigenvalue weighted by Crippen LogP contribution is 2.21. The van der Waals surface area contributed by atoms with Crippen molar-refractivity contribution in [1.29, 1.82) is 0 Å². The molecule has 1 heterocycles. The van der Waals surface area contributed by atoms with Crippen LogP contribution in [0, 0.1) is 0 Å². The second-order valence-corrected chi connectivity index (χ2v) is 3.42. The minimum absolute atomic E-state index is 0.552. The highest BCUT2D eigenvalue weighted by molar-refractivity contribution is 7.80. The molecular weight excluding hydrogens is 210 g/mol. The van der Waals surface area contributed by atoms with Gasteiger partial charge in [-0.15, -0.1) is 0 Å². The zero-order chi connectivity index (χ0) is 10.7. The quantitative estimate of drug-likeness (QED) is 0.761. The molecule has 0 unspecified atom stereocenters. The number of hydrogen-bond donors (Lipinski definition) is 2. The Labute approximate surface area is 92.6 Å². The lowest BCUT2D eigenvalue weighted by atomic mass is 10.2. The van der Waals surface area contributed by atoms with Crippen LogP contribution < -0.4 is 10.6 Å². The van der Waals surface area contributed by atoms with Crippen molar-refractivity contribution in [3.05, 3.63) is 24.3 Å². The predicted molar refractivity (Wildman–Crippen MR) is 63.9 cm³/mol. The van der Waals surface area contributed by atoms with Crippen LogP contribution in [0.4, 0.5) is 5.82 Å². The van der Waals surface area contributed by atoms with Crippen molar-refractivity contribution in [3.8, 4) is 0 Å². The maximum atomic E-state index is 5.13. The van der Waals surface area contributed by atoms with Crippen molar-refractivity contribution >= 4 is 34.1 Å². The molecule has 0 spiro atoms. The van der Waals surface area contributed by atoms with E-state index in [0.29, 0.717) is 10.9 Å². The summed E-state index contributed by atoms with van der Waals surface area (Å²) < 4.78 is 5.13. The average Bonchev–Trinajstić information content (AvgIpc) is 2.62. The number of rotatable bonds is 2. The number of benzene rings is 1. The molecule has 0 aliphatic rings. The van der Waals surface area contributed by atoms with Crippen molar-refractivity contribution in [2.75, 3.05) is 11.9 Å². The third-order valence-electron chi connectivity index (χ3n) is 1.95. The fourth-order valence-corrected chi connectivity index (χ4v) is 1.53. The maximum Gasteiger partial charge on any atom is 0.183 e. The van der Waals surface area contributed by atoms with E-state index >= 15 is 0 Å². The lowest BCUT2D eigenvalue weighted by Crippen LogP contribution is -2.28. The van der Waals surface area contributed by atoms with Gasteiger partial charge in [0.2, 0.25) is 0 Å². The Morgan fingerprint density at radius 2 is 2.27 bits per heavy atom. The normalized spacial score (nSPS) is 10.2. The molecule has 0 aliphatic carbocycles. The van der Waals surface area contributed by atoms with E-state index in [1.807, 2.05) is 31.2 Å². The molecule has 0 bridgehead atoms. The van der Waals surface area contributed by atoms with Gasteiger partial charge in [0.25, 0.3) is 0 Å². The smallest absolute Gasteiger partial charge is 0.183 e. The largest absolute Gasteiger partial charge is 0.363 e. The van der Waals surface area contributed by atoms with Crippen LogP contribution in [-0.4, -0.2) is 16.8 Å². The molecule has 4 nitrogen and oxygen atoms in total. The van der Waals surface area contributed by atoms with Gasteiger partial charge in [-0.1, -0.05) is 17.3 Å². The minimum atomic E-state index is 0.552. The molecule has 2 rings (SSSR count). The van der Waals surface area contributed by atoms with Crippen LogP contribution in [0.2, 0.25) is 0 Å². The predicted octanol–water partition coefficient (Wildman–Crippen LogP) is 2.13. The van der Waals surface area contributed by atoms with Gasteiger partial charge in [0.05, 0.1) is 5.39 Å². The van der Waals surface area contributed by atoms with Gasteiger partial charge in [-0.3, -0.25) is 0 Å². The Kier molecular flexibility index (Phi) is 2.82. The van der Waals surface area contributed by atoms with Crippen LogP contribution in [0.15, 0.2) is 28.8 Å². The van der Waals surface area contributed by atoms with E-state index in [9.17, 15) is 0 Å². The van der Waals surface area contributed by atoms with E-state index in [1.54, 1.807) is 0 Å². The van der Waals surface area contributed by atoms with Crippen molar-refractivity contribution in [2.24, 2.45) is 0 Å². The maximum absolute atomic E-state index is 5.13. The molecule has 0 fully saturated rings. The summed E-state index contributed by atoms with van der Waals surface area (Å²) in [6.07, 6.45) is 0. The van der Waals surface area contributed by atoms with E-state index in [1.165, 1.54) is 0 Å². The molecule has 0 saturated heterocycles. The van der Waals surface area contributed by atoms with Gasteiger partial charge in [0.1, 0.15) is 0 Å². The molecule has 1 aromatic carbocycles. The number of thiocarbonyl (C=S) groups is 1. The van der Waals surface area contributed by atoms with E-state index in [2.05, 4.69) is 15.8 Å². The molecule has 0 aliphatic heterocycles. The molecule has 0 radical (unpaired) electrons. The number of anilines is 1. The second-order valence-electron chi connectivity index (χ2n) is 3.01. The number of hydrogen-bond acceptors (Lipinski definition) is 3. The first-order valence-electron chi connectivity index (χ1n) is 4.70. The van der Waals surface area contributed by atoms with Gasteiger partial charge in [-0.05, 0) is 31.3 Å². The minimum Gasteiger partial charge on any atom is -0.363 e. The summed E-state index contributed by atoms with van der Waals surface area (Å²) in [5.41, 5.74) is 0.749. The summed E-state index contributed by atoms with van der Waals surface area (Å²) in [7, 11) is 0. The SMILES string of the molecule is CCNC(=S)Nc1noc2ccccc12. The fourth-order valence-electron chi connectivity index (χ4n) is 1.29. The molecule has 2 N–H and O–H groups in total. The number of aromatic nitrogens is 1. The number of para-hydroxylation sites is 1. The van der Waals surface area contributed by atoms with Crippen LogP contribution in [0.3, 0.4) is 0 Å². The third kappa shape index (κ3) is 2.07. The molecule has 5 heteroatoms. The molecule has 0 saturated carbocycles. The van der Waals surface area contributed by atoms with Crippen LogP contribution >= 0.6 is 12.2 Å². The van der Waals surface area contributed by atoms with Crippen molar-refractivity contribution in [3.63, 3.8) is 0 Å². The first kappa shape index (κ1) is 9.92. The Bertz CT molecular complexity index is 480. The lowest BCUT2D eigenvalue weighted by molar-refractivity contribution is 0.460. The van der Waals surface area contributed by atoms with E-state index < -0.39 is 0 Å². The third-order valence-corrected chi connectivity index (χ3v) is 2.19. The average molecular weight is 221 g/mol. The van der Waals surface area contributed by atoms with E-state index in [0.717, 1.165) is 17.5 Å². The Morgan fingerprint density at radius 1 is 1.47 bits per heavy atom. The van der Waals surface area contributed by atoms with Crippen LogP contribution in [0.25, 0.3) is 11.0 Å².